The lowest BCUT2D eigenvalue weighted by Crippen LogP contribution is -2.10. The molecule has 0 radical (unpaired) electrons. The van der Waals surface area contributed by atoms with Crippen LogP contribution in [-0.4, -0.2) is 46.9 Å². The van der Waals surface area contributed by atoms with Gasteiger partial charge in [-0.05, 0) is 31.4 Å². The summed E-state index contributed by atoms with van der Waals surface area (Å²) in [6, 6.07) is 7.75. The molecule has 0 amide bonds. The molecule has 2 aromatic rings. The van der Waals surface area contributed by atoms with E-state index in [9.17, 15) is 0 Å². The van der Waals surface area contributed by atoms with Crippen molar-refractivity contribution < 1.29 is 9.47 Å². The first-order chi connectivity index (χ1) is 11.8. The zero-order chi connectivity index (χ0) is 16.8. The van der Waals surface area contributed by atoms with E-state index in [0.29, 0.717) is 17.7 Å². The molecule has 5 nitrogen and oxygen atoms in total. The first-order valence-electron chi connectivity index (χ1n) is 8.21. The van der Waals surface area contributed by atoms with Gasteiger partial charge in [0.2, 0.25) is 0 Å². The van der Waals surface area contributed by atoms with Gasteiger partial charge in [0.05, 0.1) is 11.1 Å². The standard InChI is InChI=1S/C17H22ClN3O2S/c1-22-10-5-9-21-16(14-7-2-3-8-15(14)18)19-20-17(21)24-12-13-6-4-11-23-13/h2-3,7-8,13H,4-6,9-12H2,1H3. The molecule has 1 aromatic carbocycles. The molecule has 1 saturated heterocycles. The van der Waals surface area contributed by atoms with Gasteiger partial charge >= 0.3 is 0 Å². The quantitative estimate of drug-likeness (QED) is 0.523. The molecule has 0 bridgehead atoms. The largest absolute Gasteiger partial charge is 0.385 e. The Labute approximate surface area is 151 Å². The molecule has 0 N–H and O–H groups in total. The molecule has 1 aliphatic heterocycles. The highest BCUT2D eigenvalue weighted by molar-refractivity contribution is 7.99. The fourth-order valence-corrected chi connectivity index (χ4v) is 4.00. The Morgan fingerprint density at radius 2 is 2.25 bits per heavy atom. The van der Waals surface area contributed by atoms with E-state index in [0.717, 1.165) is 54.7 Å². The Bertz CT molecular complexity index is 659. The van der Waals surface area contributed by atoms with Gasteiger partial charge in [0.1, 0.15) is 0 Å². The maximum Gasteiger partial charge on any atom is 0.191 e. The minimum Gasteiger partial charge on any atom is -0.385 e. The second kappa shape index (κ2) is 8.85. The zero-order valence-corrected chi connectivity index (χ0v) is 15.4. The van der Waals surface area contributed by atoms with Crippen LogP contribution in [0.1, 0.15) is 19.3 Å². The van der Waals surface area contributed by atoms with Gasteiger partial charge in [-0.3, -0.25) is 0 Å². The highest BCUT2D eigenvalue weighted by Crippen LogP contribution is 2.30. The van der Waals surface area contributed by atoms with E-state index in [1.54, 1.807) is 18.9 Å². The Morgan fingerprint density at radius 1 is 1.38 bits per heavy atom. The molecule has 0 spiro atoms. The van der Waals surface area contributed by atoms with Crippen LogP contribution in [0.5, 0.6) is 0 Å². The number of hydrogen-bond donors (Lipinski definition) is 0. The number of hydrogen-bond acceptors (Lipinski definition) is 5. The van der Waals surface area contributed by atoms with E-state index in [4.69, 9.17) is 21.1 Å². The van der Waals surface area contributed by atoms with Gasteiger partial charge in [0, 0.05) is 38.2 Å². The van der Waals surface area contributed by atoms with E-state index in [1.807, 2.05) is 24.3 Å². The van der Waals surface area contributed by atoms with Crippen molar-refractivity contribution in [2.45, 2.75) is 37.1 Å². The molecule has 24 heavy (non-hydrogen) atoms. The Morgan fingerprint density at radius 3 is 3.00 bits per heavy atom. The van der Waals surface area contributed by atoms with Crippen LogP contribution in [0.25, 0.3) is 11.4 Å². The predicted molar refractivity (Wildman–Crippen MR) is 96.7 cm³/mol. The van der Waals surface area contributed by atoms with Crippen LogP contribution < -0.4 is 0 Å². The van der Waals surface area contributed by atoms with E-state index >= 15 is 0 Å². The number of halogens is 1. The van der Waals surface area contributed by atoms with Gasteiger partial charge in [0.15, 0.2) is 11.0 Å². The third-order valence-electron chi connectivity index (χ3n) is 3.98. The number of aromatic nitrogens is 3. The molecule has 0 saturated carbocycles. The first-order valence-corrected chi connectivity index (χ1v) is 9.57. The molecule has 1 fully saturated rings. The molecule has 1 atom stereocenters. The van der Waals surface area contributed by atoms with Crippen molar-refractivity contribution in [2.75, 3.05) is 26.1 Å². The number of methoxy groups -OCH3 is 1. The van der Waals surface area contributed by atoms with Crippen LogP contribution in [0.3, 0.4) is 0 Å². The SMILES string of the molecule is COCCCn1c(SCC2CCCO2)nnc1-c1ccccc1Cl. The maximum atomic E-state index is 6.35. The minimum absolute atomic E-state index is 0.322. The summed E-state index contributed by atoms with van der Waals surface area (Å²) < 4.78 is 13.0. The average molecular weight is 368 g/mol. The number of ether oxygens (including phenoxy) is 2. The number of benzene rings is 1. The topological polar surface area (TPSA) is 49.2 Å². The van der Waals surface area contributed by atoms with Crippen molar-refractivity contribution in [1.82, 2.24) is 14.8 Å². The predicted octanol–water partition coefficient (Wildman–Crippen LogP) is 3.91. The number of rotatable bonds is 8. The highest BCUT2D eigenvalue weighted by atomic mass is 35.5. The minimum atomic E-state index is 0.322. The third kappa shape index (κ3) is 4.30. The van der Waals surface area contributed by atoms with Crippen LogP contribution >= 0.6 is 23.4 Å². The molecule has 1 unspecified atom stereocenters. The first kappa shape index (κ1) is 17.7. The summed E-state index contributed by atoms with van der Waals surface area (Å²) in [5.41, 5.74) is 0.910. The van der Waals surface area contributed by atoms with Crippen molar-refractivity contribution in [3.63, 3.8) is 0 Å². The molecular weight excluding hydrogens is 346 g/mol. The van der Waals surface area contributed by atoms with Crippen molar-refractivity contribution in [3.8, 4) is 11.4 Å². The summed E-state index contributed by atoms with van der Waals surface area (Å²) in [5.74, 6) is 1.72. The lowest BCUT2D eigenvalue weighted by Gasteiger charge is -2.12. The van der Waals surface area contributed by atoms with Gasteiger partial charge in [-0.1, -0.05) is 35.5 Å². The van der Waals surface area contributed by atoms with Gasteiger partial charge < -0.3 is 14.0 Å². The van der Waals surface area contributed by atoms with E-state index in [-0.39, 0.29) is 0 Å². The lowest BCUT2D eigenvalue weighted by atomic mass is 10.2. The lowest BCUT2D eigenvalue weighted by molar-refractivity contribution is 0.129. The normalized spacial score (nSPS) is 17.5. The highest BCUT2D eigenvalue weighted by Gasteiger charge is 2.20. The van der Waals surface area contributed by atoms with E-state index < -0.39 is 0 Å². The van der Waals surface area contributed by atoms with Crippen molar-refractivity contribution in [3.05, 3.63) is 29.3 Å². The Kier molecular flexibility index (Phi) is 6.54. The maximum absolute atomic E-state index is 6.35. The van der Waals surface area contributed by atoms with Crippen LogP contribution in [0.4, 0.5) is 0 Å². The molecule has 3 rings (SSSR count). The zero-order valence-electron chi connectivity index (χ0n) is 13.8. The van der Waals surface area contributed by atoms with Crippen molar-refractivity contribution in [1.29, 1.82) is 0 Å². The molecule has 1 aliphatic rings. The van der Waals surface area contributed by atoms with Crippen LogP contribution in [0.2, 0.25) is 5.02 Å². The summed E-state index contributed by atoms with van der Waals surface area (Å²) in [4.78, 5) is 0. The van der Waals surface area contributed by atoms with Crippen LogP contribution in [0.15, 0.2) is 29.4 Å². The fourth-order valence-electron chi connectivity index (χ4n) is 2.75. The van der Waals surface area contributed by atoms with Crippen LogP contribution in [0, 0.1) is 0 Å². The van der Waals surface area contributed by atoms with Gasteiger partial charge in [-0.25, -0.2) is 0 Å². The molecule has 1 aromatic heterocycles. The van der Waals surface area contributed by atoms with E-state index in [2.05, 4.69) is 14.8 Å². The molecule has 130 valence electrons. The monoisotopic (exact) mass is 367 g/mol. The second-order valence-corrected chi connectivity index (χ2v) is 7.12. The summed E-state index contributed by atoms with van der Waals surface area (Å²) in [6.45, 7) is 2.38. The van der Waals surface area contributed by atoms with Crippen molar-refractivity contribution in [2.24, 2.45) is 0 Å². The van der Waals surface area contributed by atoms with Crippen LogP contribution in [-0.2, 0) is 16.0 Å². The van der Waals surface area contributed by atoms with E-state index in [1.165, 1.54) is 0 Å². The summed E-state index contributed by atoms with van der Waals surface area (Å²) in [5, 5.41) is 10.4. The Hall–Kier alpha value is -1.08. The number of thioether (sulfide) groups is 1. The summed E-state index contributed by atoms with van der Waals surface area (Å²) in [6.07, 6.45) is 3.50. The third-order valence-corrected chi connectivity index (χ3v) is 5.41. The smallest absolute Gasteiger partial charge is 0.191 e. The molecule has 7 heteroatoms. The summed E-state index contributed by atoms with van der Waals surface area (Å²) in [7, 11) is 1.72. The van der Waals surface area contributed by atoms with Gasteiger partial charge in [0.25, 0.3) is 0 Å². The molecular formula is C17H22ClN3O2S. The molecule has 2 heterocycles. The summed E-state index contributed by atoms with van der Waals surface area (Å²) >= 11 is 8.05. The van der Waals surface area contributed by atoms with Gasteiger partial charge in [-0.15, -0.1) is 10.2 Å². The van der Waals surface area contributed by atoms with Gasteiger partial charge in [-0.2, -0.15) is 0 Å². The molecule has 0 aliphatic carbocycles. The Balaban J connectivity index is 1.80. The fraction of sp³-hybridized carbons (Fsp3) is 0.529. The second-order valence-electron chi connectivity index (χ2n) is 5.73. The number of nitrogens with zero attached hydrogens (tertiary/aromatic N) is 3. The average Bonchev–Trinajstić information content (AvgIpc) is 3.23. The van der Waals surface area contributed by atoms with Crippen molar-refractivity contribution >= 4 is 23.4 Å².